The predicted octanol–water partition coefficient (Wildman–Crippen LogP) is 2.82. The number of nitriles is 2. The van der Waals surface area contributed by atoms with Gasteiger partial charge in [-0.25, -0.2) is 0 Å². The molecule has 0 unspecified atom stereocenters. The van der Waals surface area contributed by atoms with Gasteiger partial charge in [0.25, 0.3) is 5.91 Å². The number of carbonyl (C=O) groups excluding carboxylic acids is 1. The van der Waals surface area contributed by atoms with Gasteiger partial charge >= 0.3 is 0 Å². The highest BCUT2D eigenvalue weighted by molar-refractivity contribution is 6.01. The smallest absolute Gasteiger partial charge is 0.261 e. The zero-order chi connectivity index (χ0) is 16.5. The van der Waals surface area contributed by atoms with Gasteiger partial charge in [-0.1, -0.05) is 42.5 Å². The van der Waals surface area contributed by atoms with Crippen molar-refractivity contribution >= 4 is 12.0 Å². The molecule has 0 bridgehead atoms. The average Bonchev–Trinajstić information content (AvgIpc) is 2.60. The fourth-order valence-corrected chi connectivity index (χ4v) is 2.07. The van der Waals surface area contributed by atoms with Crippen LogP contribution < -0.4 is 5.32 Å². The molecule has 112 valence electrons. The zero-order valence-corrected chi connectivity index (χ0v) is 12.5. The van der Waals surface area contributed by atoms with Crippen LogP contribution >= 0.6 is 0 Å². The number of benzene rings is 2. The quantitative estimate of drug-likeness (QED) is 0.681. The van der Waals surface area contributed by atoms with E-state index in [4.69, 9.17) is 10.5 Å². The van der Waals surface area contributed by atoms with Crippen LogP contribution in [0, 0.1) is 22.7 Å². The van der Waals surface area contributed by atoms with Crippen LogP contribution in [0.2, 0.25) is 0 Å². The summed E-state index contributed by atoms with van der Waals surface area (Å²) < 4.78 is 0. The molecule has 0 saturated carbocycles. The molecular weight excluding hydrogens is 286 g/mol. The monoisotopic (exact) mass is 301 g/mol. The number of hydrogen-bond donors (Lipinski definition) is 1. The van der Waals surface area contributed by atoms with Crippen LogP contribution in [0.4, 0.5) is 0 Å². The van der Waals surface area contributed by atoms with Gasteiger partial charge in [0.1, 0.15) is 11.6 Å². The molecular formula is C19H15N3O. The van der Waals surface area contributed by atoms with Crippen molar-refractivity contribution in [3.63, 3.8) is 0 Å². The van der Waals surface area contributed by atoms with E-state index in [2.05, 4.69) is 5.32 Å². The molecule has 23 heavy (non-hydrogen) atoms. The van der Waals surface area contributed by atoms with E-state index < -0.39 is 5.91 Å². The van der Waals surface area contributed by atoms with Crippen LogP contribution in [0.3, 0.4) is 0 Å². The lowest BCUT2D eigenvalue weighted by atomic mass is 10.1. The van der Waals surface area contributed by atoms with Crippen LogP contribution in [0.5, 0.6) is 0 Å². The average molecular weight is 301 g/mol. The number of rotatable bonds is 5. The van der Waals surface area contributed by atoms with Gasteiger partial charge in [0.05, 0.1) is 11.6 Å². The van der Waals surface area contributed by atoms with Gasteiger partial charge in [0.15, 0.2) is 0 Å². The second-order valence-electron chi connectivity index (χ2n) is 4.90. The van der Waals surface area contributed by atoms with E-state index in [1.165, 1.54) is 6.08 Å². The largest absolute Gasteiger partial charge is 0.351 e. The van der Waals surface area contributed by atoms with Gasteiger partial charge in [0.2, 0.25) is 0 Å². The Kier molecular flexibility index (Phi) is 5.68. The molecule has 0 saturated heterocycles. The third-order valence-corrected chi connectivity index (χ3v) is 3.23. The lowest BCUT2D eigenvalue weighted by Crippen LogP contribution is -2.26. The SMILES string of the molecule is N#C/C(=C\c1cccc(C#N)c1)C(=O)NCCc1ccccc1. The molecule has 0 atom stereocenters. The number of nitrogens with one attached hydrogen (secondary N) is 1. The Hall–Kier alpha value is -3.37. The van der Waals surface area contributed by atoms with Crippen molar-refractivity contribution in [2.24, 2.45) is 0 Å². The first kappa shape index (κ1) is 16.0. The van der Waals surface area contributed by atoms with Crippen LogP contribution in [0.1, 0.15) is 16.7 Å². The summed E-state index contributed by atoms with van der Waals surface area (Å²) in [5.74, 6) is -0.411. The molecule has 0 aromatic heterocycles. The van der Waals surface area contributed by atoms with Crippen molar-refractivity contribution in [1.29, 1.82) is 10.5 Å². The Morgan fingerprint density at radius 3 is 2.57 bits per heavy atom. The highest BCUT2D eigenvalue weighted by Crippen LogP contribution is 2.09. The molecule has 0 spiro atoms. The van der Waals surface area contributed by atoms with Gasteiger partial charge in [-0.05, 0) is 35.8 Å². The first-order chi connectivity index (χ1) is 11.2. The molecule has 0 aliphatic heterocycles. The van der Waals surface area contributed by atoms with Crippen LogP contribution in [-0.2, 0) is 11.2 Å². The highest BCUT2D eigenvalue weighted by Gasteiger charge is 2.08. The molecule has 0 heterocycles. The maximum absolute atomic E-state index is 12.1. The Morgan fingerprint density at radius 2 is 1.87 bits per heavy atom. The normalized spacial score (nSPS) is 10.4. The Morgan fingerprint density at radius 1 is 1.09 bits per heavy atom. The van der Waals surface area contributed by atoms with Gasteiger partial charge in [-0.2, -0.15) is 10.5 Å². The molecule has 0 aliphatic rings. The topological polar surface area (TPSA) is 76.7 Å². The van der Waals surface area contributed by atoms with E-state index in [0.717, 1.165) is 5.56 Å². The summed E-state index contributed by atoms with van der Waals surface area (Å²) in [6, 6.07) is 20.5. The molecule has 4 heteroatoms. The maximum Gasteiger partial charge on any atom is 0.261 e. The highest BCUT2D eigenvalue weighted by atomic mass is 16.1. The van der Waals surface area contributed by atoms with E-state index in [1.807, 2.05) is 42.5 Å². The molecule has 2 aromatic carbocycles. The summed E-state index contributed by atoms with van der Waals surface area (Å²) in [6.07, 6.45) is 2.19. The maximum atomic E-state index is 12.1. The molecule has 1 amide bonds. The minimum absolute atomic E-state index is 0.0214. The van der Waals surface area contributed by atoms with Crippen molar-refractivity contribution in [1.82, 2.24) is 5.32 Å². The second kappa shape index (κ2) is 8.17. The number of hydrogen-bond acceptors (Lipinski definition) is 3. The number of nitrogens with zero attached hydrogens (tertiary/aromatic N) is 2. The van der Waals surface area contributed by atoms with Crippen LogP contribution in [0.15, 0.2) is 60.2 Å². The third-order valence-electron chi connectivity index (χ3n) is 3.23. The van der Waals surface area contributed by atoms with Crippen LogP contribution in [-0.4, -0.2) is 12.5 Å². The van der Waals surface area contributed by atoms with Gasteiger partial charge in [-0.15, -0.1) is 0 Å². The first-order valence-electron chi connectivity index (χ1n) is 7.17. The van der Waals surface area contributed by atoms with E-state index in [1.54, 1.807) is 24.3 Å². The molecule has 0 aliphatic carbocycles. The van der Waals surface area contributed by atoms with Crippen molar-refractivity contribution < 1.29 is 4.79 Å². The van der Waals surface area contributed by atoms with E-state index in [0.29, 0.717) is 24.1 Å². The van der Waals surface area contributed by atoms with Crippen molar-refractivity contribution in [2.45, 2.75) is 6.42 Å². The molecule has 0 fully saturated rings. The fraction of sp³-hybridized carbons (Fsp3) is 0.105. The fourth-order valence-electron chi connectivity index (χ4n) is 2.07. The lowest BCUT2D eigenvalue weighted by molar-refractivity contribution is -0.117. The van der Waals surface area contributed by atoms with Crippen molar-refractivity contribution in [2.75, 3.05) is 6.54 Å². The lowest BCUT2D eigenvalue weighted by Gasteiger charge is -2.04. The Balaban J connectivity index is 1.99. The summed E-state index contributed by atoms with van der Waals surface area (Å²) in [4.78, 5) is 12.1. The van der Waals surface area contributed by atoms with E-state index in [-0.39, 0.29) is 5.57 Å². The Labute approximate surface area is 135 Å². The molecule has 2 aromatic rings. The summed E-state index contributed by atoms with van der Waals surface area (Å²) >= 11 is 0. The molecule has 4 nitrogen and oxygen atoms in total. The summed E-state index contributed by atoms with van der Waals surface area (Å²) in [6.45, 7) is 0.458. The summed E-state index contributed by atoms with van der Waals surface area (Å²) in [7, 11) is 0. The van der Waals surface area contributed by atoms with Gasteiger partial charge in [-0.3, -0.25) is 4.79 Å². The van der Waals surface area contributed by atoms with E-state index in [9.17, 15) is 4.79 Å². The van der Waals surface area contributed by atoms with E-state index >= 15 is 0 Å². The molecule has 1 N–H and O–H groups in total. The Bertz CT molecular complexity index is 795. The zero-order valence-electron chi connectivity index (χ0n) is 12.5. The third kappa shape index (κ3) is 4.84. The molecule has 0 radical (unpaired) electrons. The van der Waals surface area contributed by atoms with Crippen LogP contribution in [0.25, 0.3) is 6.08 Å². The van der Waals surface area contributed by atoms with Gasteiger partial charge in [0, 0.05) is 6.54 Å². The summed E-state index contributed by atoms with van der Waals surface area (Å²) in [5.41, 5.74) is 2.28. The molecule has 2 rings (SSSR count). The standard InChI is InChI=1S/C19H15N3O/c20-13-17-8-4-7-16(11-17)12-18(14-21)19(23)22-10-9-15-5-2-1-3-6-15/h1-8,11-12H,9-10H2,(H,22,23)/b18-12+. The number of amides is 1. The minimum Gasteiger partial charge on any atom is -0.351 e. The minimum atomic E-state index is -0.411. The summed E-state index contributed by atoms with van der Waals surface area (Å²) in [5, 5.41) is 20.8. The van der Waals surface area contributed by atoms with Crippen molar-refractivity contribution in [3.05, 3.63) is 76.9 Å². The number of carbonyl (C=O) groups is 1. The van der Waals surface area contributed by atoms with Gasteiger partial charge < -0.3 is 5.32 Å². The predicted molar refractivity (Wildman–Crippen MR) is 87.9 cm³/mol. The second-order valence-corrected chi connectivity index (χ2v) is 4.90. The van der Waals surface area contributed by atoms with Crippen molar-refractivity contribution in [3.8, 4) is 12.1 Å². The first-order valence-corrected chi connectivity index (χ1v) is 7.17.